The summed E-state index contributed by atoms with van der Waals surface area (Å²) < 4.78 is 5.12. The van der Waals surface area contributed by atoms with Crippen molar-refractivity contribution in [3.05, 3.63) is 66.0 Å². The van der Waals surface area contributed by atoms with Crippen LogP contribution in [0.25, 0.3) is 17.1 Å². The van der Waals surface area contributed by atoms with Crippen LogP contribution in [-0.2, 0) is 11.3 Å². The highest BCUT2D eigenvalue weighted by molar-refractivity contribution is 5.83. The van der Waals surface area contributed by atoms with Crippen LogP contribution in [0.3, 0.4) is 0 Å². The van der Waals surface area contributed by atoms with Crippen molar-refractivity contribution in [3.8, 4) is 0 Å². The molecule has 0 fully saturated rings. The molecule has 2 N–H and O–H groups in total. The number of hydrogen-bond acceptors (Lipinski definition) is 4. The van der Waals surface area contributed by atoms with Crippen LogP contribution >= 0.6 is 0 Å². The maximum atomic E-state index is 11.6. The molecule has 0 aliphatic heterocycles. The van der Waals surface area contributed by atoms with E-state index in [2.05, 4.69) is 20.5 Å². The smallest absolute Gasteiger partial charge is 0.407 e. The van der Waals surface area contributed by atoms with E-state index in [0.29, 0.717) is 12.2 Å². The van der Waals surface area contributed by atoms with Crippen molar-refractivity contribution >= 4 is 23.2 Å². The summed E-state index contributed by atoms with van der Waals surface area (Å²) in [6.45, 7) is 0.627. The highest BCUT2D eigenvalue weighted by atomic mass is 16.5. The number of benzene rings is 1. The lowest BCUT2D eigenvalue weighted by atomic mass is 10.2. The van der Waals surface area contributed by atoms with Gasteiger partial charge in [-0.05, 0) is 23.8 Å². The Bertz CT molecular complexity index is 812. The number of aromatic amines is 1. The fourth-order valence-corrected chi connectivity index (χ4v) is 2.09. The number of alkyl carbamates (subject to hydrolysis) is 1. The van der Waals surface area contributed by atoms with Crippen molar-refractivity contribution in [2.45, 2.75) is 6.61 Å². The van der Waals surface area contributed by atoms with Gasteiger partial charge in [-0.1, -0.05) is 36.4 Å². The number of hydrogen-bond donors (Lipinski definition) is 2. The van der Waals surface area contributed by atoms with E-state index >= 15 is 0 Å². The first-order chi connectivity index (χ1) is 11.3. The lowest BCUT2D eigenvalue weighted by molar-refractivity contribution is 0.141. The second kappa shape index (κ2) is 7.22. The average Bonchev–Trinajstić information content (AvgIpc) is 3.01. The number of pyridine rings is 1. The largest absolute Gasteiger partial charge is 0.445 e. The van der Waals surface area contributed by atoms with Gasteiger partial charge < -0.3 is 10.1 Å². The Hall–Kier alpha value is -3.15. The molecular weight excluding hydrogens is 292 g/mol. The minimum atomic E-state index is -0.449. The maximum absolute atomic E-state index is 11.6. The predicted molar refractivity (Wildman–Crippen MR) is 87.6 cm³/mol. The van der Waals surface area contributed by atoms with Crippen molar-refractivity contribution in [2.75, 3.05) is 6.54 Å². The summed E-state index contributed by atoms with van der Waals surface area (Å²) in [4.78, 5) is 15.7. The van der Waals surface area contributed by atoms with Crippen LogP contribution in [0.15, 0.2) is 54.7 Å². The molecule has 0 atom stereocenters. The molecule has 0 aliphatic carbocycles. The molecule has 6 heteroatoms. The molecule has 3 aromatic rings. The molecule has 0 unspecified atom stereocenters. The van der Waals surface area contributed by atoms with Gasteiger partial charge in [0.2, 0.25) is 0 Å². The number of aromatic nitrogens is 3. The third-order valence-electron chi connectivity index (χ3n) is 3.22. The zero-order valence-electron chi connectivity index (χ0n) is 12.4. The molecule has 2 aromatic heterocycles. The molecular formula is C17H16N4O2. The summed E-state index contributed by atoms with van der Waals surface area (Å²) in [5, 5.41) is 10.6. The Balaban J connectivity index is 1.46. The van der Waals surface area contributed by atoms with Gasteiger partial charge in [-0.25, -0.2) is 9.78 Å². The summed E-state index contributed by atoms with van der Waals surface area (Å²) in [6, 6.07) is 13.3. The molecule has 3 rings (SSSR count). The molecule has 2 heterocycles. The molecule has 0 saturated heterocycles. The summed E-state index contributed by atoms with van der Waals surface area (Å²) in [5.74, 6) is 0. The Morgan fingerprint density at radius 3 is 2.96 bits per heavy atom. The number of carbonyl (C=O) groups excluding carboxylic acids is 1. The number of ether oxygens (including phenoxy) is 1. The van der Waals surface area contributed by atoms with Crippen molar-refractivity contribution in [2.24, 2.45) is 0 Å². The Labute approximate surface area is 133 Å². The van der Waals surface area contributed by atoms with Gasteiger partial charge in [0.25, 0.3) is 0 Å². The van der Waals surface area contributed by atoms with Gasteiger partial charge in [-0.2, -0.15) is 5.10 Å². The van der Waals surface area contributed by atoms with Gasteiger partial charge >= 0.3 is 6.09 Å². The number of fused-ring (bicyclic) bond motifs is 1. The van der Waals surface area contributed by atoms with Gasteiger partial charge in [0.05, 0.1) is 5.69 Å². The number of nitrogens with one attached hydrogen (secondary N) is 2. The van der Waals surface area contributed by atoms with Crippen LogP contribution in [0, 0.1) is 0 Å². The van der Waals surface area contributed by atoms with Crippen LogP contribution in [-0.4, -0.2) is 27.8 Å². The number of H-pyrrole nitrogens is 1. The fraction of sp³-hybridized carbons (Fsp3) is 0.118. The van der Waals surface area contributed by atoms with Gasteiger partial charge in [-0.15, -0.1) is 0 Å². The maximum Gasteiger partial charge on any atom is 0.407 e. The second-order valence-corrected chi connectivity index (χ2v) is 4.86. The van der Waals surface area contributed by atoms with E-state index in [1.54, 1.807) is 6.20 Å². The van der Waals surface area contributed by atoms with Crippen molar-refractivity contribution in [1.29, 1.82) is 0 Å². The summed E-state index contributed by atoms with van der Waals surface area (Å²) in [5.41, 5.74) is 2.48. The molecule has 1 aromatic carbocycles. The Morgan fingerprint density at radius 1 is 1.22 bits per heavy atom. The van der Waals surface area contributed by atoms with Crippen molar-refractivity contribution < 1.29 is 9.53 Å². The highest BCUT2D eigenvalue weighted by Gasteiger charge is 2.02. The molecule has 0 bridgehead atoms. The first kappa shape index (κ1) is 14.8. The van der Waals surface area contributed by atoms with E-state index in [1.165, 1.54) is 0 Å². The molecule has 23 heavy (non-hydrogen) atoms. The quantitative estimate of drug-likeness (QED) is 0.759. The summed E-state index contributed by atoms with van der Waals surface area (Å²) in [7, 11) is 0. The van der Waals surface area contributed by atoms with Crippen LogP contribution in [0.2, 0.25) is 0 Å². The van der Waals surface area contributed by atoms with Gasteiger partial charge in [-0.3, -0.25) is 5.10 Å². The Kier molecular flexibility index (Phi) is 4.63. The van der Waals surface area contributed by atoms with Crippen LogP contribution in [0.4, 0.5) is 4.79 Å². The summed E-state index contributed by atoms with van der Waals surface area (Å²) in [6.07, 6.45) is 4.92. The number of carbonyl (C=O) groups is 1. The number of amides is 1. The van der Waals surface area contributed by atoms with Gasteiger partial charge in [0.15, 0.2) is 5.65 Å². The van der Waals surface area contributed by atoms with E-state index in [9.17, 15) is 4.79 Å². The summed E-state index contributed by atoms with van der Waals surface area (Å²) >= 11 is 0. The lowest BCUT2D eigenvalue weighted by Crippen LogP contribution is -2.24. The number of nitrogens with zero attached hydrogens (tertiary/aromatic N) is 2. The van der Waals surface area contributed by atoms with E-state index in [4.69, 9.17) is 4.74 Å². The minimum absolute atomic E-state index is 0.257. The zero-order chi connectivity index (χ0) is 15.9. The zero-order valence-corrected chi connectivity index (χ0v) is 12.4. The number of rotatable bonds is 5. The lowest BCUT2D eigenvalue weighted by Gasteiger charge is -2.05. The van der Waals surface area contributed by atoms with Crippen molar-refractivity contribution in [1.82, 2.24) is 20.5 Å². The standard InChI is InChI=1S/C17H16N4O2/c22-17(23-12-13-6-2-1-3-7-13)19-11-5-9-15-14-8-4-10-18-16(14)21-20-15/h1-10H,11-12H2,(H,19,22)(H,18,20,21). The van der Waals surface area contributed by atoms with E-state index in [-0.39, 0.29) is 6.61 Å². The SMILES string of the molecule is O=C(NCC=Cc1[nH]nc2ncccc12)OCc1ccccc1. The molecule has 1 amide bonds. The van der Waals surface area contributed by atoms with E-state index in [1.807, 2.05) is 54.6 Å². The van der Waals surface area contributed by atoms with E-state index < -0.39 is 6.09 Å². The van der Waals surface area contributed by atoms with Crippen LogP contribution in [0.5, 0.6) is 0 Å². The predicted octanol–water partition coefficient (Wildman–Crippen LogP) is 2.90. The van der Waals surface area contributed by atoms with Crippen molar-refractivity contribution in [3.63, 3.8) is 0 Å². The normalized spacial score (nSPS) is 11.0. The molecule has 0 saturated carbocycles. The molecule has 0 aliphatic rings. The topological polar surface area (TPSA) is 79.9 Å². The monoisotopic (exact) mass is 308 g/mol. The molecule has 0 spiro atoms. The van der Waals surface area contributed by atoms with Crippen LogP contribution in [0.1, 0.15) is 11.3 Å². The average molecular weight is 308 g/mol. The molecule has 6 nitrogen and oxygen atoms in total. The highest BCUT2D eigenvalue weighted by Crippen LogP contribution is 2.13. The minimum Gasteiger partial charge on any atom is -0.445 e. The van der Waals surface area contributed by atoms with Crippen LogP contribution < -0.4 is 5.32 Å². The molecule has 116 valence electrons. The molecule has 0 radical (unpaired) electrons. The Morgan fingerprint density at radius 2 is 2.09 bits per heavy atom. The second-order valence-electron chi connectivity index (χ2n) is 4.86. The fourth-order valence-electron chi connectivity index (χ4n) is 2.09. The first-order valence-corrected chi connectivity index (χ1v) is 7.23. The van der Waals surface area contributed by atoms with E-state index in [0.717, 1.165) is 16.6 Å². The first-order valence-electron chi connectivity index (χ1n) is 7.23. The third kappa shape index (κ3) is 3.94. The van der Waals surface area contributed by atoms with Gasteiger partial charge in [0.1, 0.15) is 6.61 Å². The third-order valence-corrected chi connectivity index (χ3v) is 3.22. The van der Waals surface area contributed by atoms with Gasteiger partial charge in [0, 0.05) is 18.1 Å².